The maximum atomic E-state index is 7.47. The molecule has 0 saturated heterocycles. The van der Waals surface area contributed by atoms with Crippen molar-refractivity contribution < 1.29 is 0 Å². The van der Waals surface area contributed by atoms with Crippen LogP contribution in [0.25, 0.3) is 0 Å². The van der Waals surface area contributed by atoms with Crippen LogP contribution in [-0.2, 0) is 0 Å². The van der Waals surface area contributed by atoms with E-state index in [0.29, 0.717) is 17.3 Å². The SMILES string of the molecule is N=Cc1c(NPI)ccc(C#CC2CCC2)c1Cl. The van der Waals surface area contributed by atoms with E-state index in [1.54, 1.807) is 0 Å². The molecule has 1 fully saturated rings. The predicted molar refractivity (Wildman–Crippen MR) is 89.5 cm³/mol. The van der Waals surface area contributed by atoms with Crippen LogP contribution in [0.4, 0.5) is 5.69 Å². The minimum absolute atomic E-state index is 0.540. The summed E-state index contributed by atoms with van der Waals surface area (Å²) in [5, 5.41) is 11.3. The van der Waals surface area contributed by atoms with Crippen molar-refractivity contribution >= 4 is 51.9 Å². The Balaban J connectivity index is 2.30. The van der Waals surface area contributed by atoms with Crippen LogP contribution in [0.15, 0.2) is 12.1 Å². The molecule has 1 saturated carbocycles. The zero-order valence-electron chi connectivity index (χ0n) is 9.69. The van der Waals surface area contributed by atoms with Crippen molar-refractivity contribution in [3.63, 3.8) is 0 Å². The quantitative estimate of drug-likeness (QED) is 0.329. The Bertz CT molecular complexity index is 518. The first-order chi connectivity index (χ1) is 8.76. The third-order valence-corrected chi connectivity index (χ3v) is 4.60. The first kappa shape index (κ1) is 14.1. The van der Waals surface area contributed by atoms with E-state index in [1.807, 2.05) is 12.1 Å². The highest BCUT2D eigenvalue weighted by Gasteiger charge is 2.14. The number of nitrogens with one attached hydrogen (secondary N) is 2. The van der Waals surface area contributed by atoms with Crippen molar-refractivity contribution in [2.24, 2.45) is 5.92 Å². The highest BCUT2D eigenvalue weighted by molar-refractivity contribution is 14.2. The molecule has 1 unspecified atom stereocenters. The van der Waals surface area contributed by atoms with Crippen LogP contribution >= 0.6 is 40.0 Å². The van der Waals surface area contributed by atoms with Gasteiger partial charge in [-0.1, -0.05) is 29.9 Å². The number of halogens is 2. The summed E-state index contributed by atoms with van der Waals surface area (Å²) in [6, 6.07) is 3.88. The van der Waals surface area contributed by atoms with E-state index >= 15 is 0 Å². The van der Waals surface area contributed by atoms with E-state index in [0.717, 1.165) is 16.8 Å². The van der Waals surface area contributed by atoms with Gasteiger partial charge in [-0.3, -0.25) is 0 Å². The Morgan fingerprint density at radius 3 is 2.83 bits per heavy atom. The Morgan fingerprint density at radius 1 is 1.50 bits per heavy atom. The Kier molecular flexibility index (Phi) is 5.29. The molecular weight excluding hydrogens is 377 g/mol. The molecule has 0 radical (unpaired) electrons. The van der Waals surface area contributed by atoms with Crippen LogP contribution in [0.1, 0.15) is 30.4 Å². The molecular formula is C13H13ClIN2P. The van der Waals surface area contributed by atoms with Gasteiger partial charge in [-0.05, 0) is 47.0 Å². The zero-order valence-corrected chi connectivity index (χ0v) is 13.6. The lowest BCUT2D eigenvalue weighted by atomic mass is 9.86. The number of rotatable bonds is 3. The minimum Gasteiger partial charge on any atom is -0.358 e. The van der Waals surface area contributed by atoms with E-state index in [-0.39, 0.29) is 0 Å². The van der Waals surface area contributed by atoms with Gasteiger partial charge in [0.05, 0.1) is 5.02 Å². The van der Waals surface area contributed by atoms with Gasteiger partial charge in [0.25, 0.3) is 0 Å². The molecule has 2 rings (SSSR count). The predicted octanol–water partition coefficient (Wildman–Crippen LogP) is 4.84. The van der Waals surface area contributed by atoms with Crippen molar-refractivity contribution in [1.29, 1.82) is 5.41 Å². The van der Waals surface area contributed by atoms with Gasteiger partial charge in [0, 0.05) is 35.3 Å². The fraction of sp³-hybridized carbons (Fsp3) is 0.308. The van der Waals surface area contributed by atoms with Gasteiger partial charge in [0.2, 0.25) is 0 Å². The van der Waals surface area contributed by atoms with Crippen molar-refractivity contribution in [1.82, 2.24) is 0 Å². The molecule has 94 valence electrons. The summed E-state index contributed by atoms with van der Waals surface area (Å²) in [6.07, 6.45) is 5.55. The summed E-state index contributed by atoms with van der Waals surface area (Å²) >= 11 is 8.55. The van der Waals surface area contributed by atoms with E-state index in [9.17, 15) is 0 Å². The highest BCUT2D eigenvalue weighted by Crippen LogP contribution is 2.32. The smallest absolute Gasteiger partial charge is 0.0670 e. The highest BCUT2D eigenvalue weighted by atomic mass is 127. The topological polar surface area (TPSA) is 35.9 Å². The normalized spacial score (nSPS) is 15.0. The van der Waals surface area contributed by atoms with Gasteiger partial charge in [-0.15, -0.1) is 0 Å². The lowest BCUT2D eigenvalue weighted by Gasteiger charge is -2.18. The van der Waals surface area contributed by atoms with E-state index < -0.39 is 0 Å². The summed E-state index contributed by atoms with van der Waals surface area (Å²) in [5.41, 5.74) is 2.45. The van der Waals surface area contributed by atoms with E-state index in [4.69, 9.17) is 17.0 Å². The first-order valence-corrected chi connectivity index (χ1v) is 10.2. The Labute approximate surface area is 127 Å². The average Bonchev–Trinajstić information content (AvgIpc) is 2.30. The number of hydrogen-bond acceptors (Lipinski definition) is 2. The summed E-state index contributed by atoms with van der Waals surface area (Å²) in [5.74, 6) is 6.94. The van der Waals surface area contributed by atoms with Crippen LogP contribution < -0.4 is 5.09 Å². The second kappa shape index (κ2) is 6.75. The zero-order chi connectivity index (χ0) is 13.0. The monoisotopic (exact) mass is 390 g/mol. The fourth-order valence-corrected chi connectivity index (χ4v) is 3.18. The molecule has 1 aromatic rings. The van der Waals surface area contributed by atoms with Gasteiger partial charge in [0.1, 0.15) is 0 Å². The third kappa shape index (κ3) is 3.17. The Hall–Kier alpha value is -0.300. The van der Waals surface area contributed by atoms with Crippen LogP contribution in [-0.4, -0.2) is 6.21 Å². The maximum absolute atomic E-state index is 7.47. The standard InChI is InChI=1S/C13H13ClIN2P/c14-13-10(5-4-9-2-1-3-9)6-7-12(17-18-15)11(13)8-16/h6-9,16-18H,1-3H2. The molecule has 1 atom stereocenters. The molecule has 0 heterocycles. The molecule has 1 aliphatic carbocycles. The van der Waals surface area contributed by atoms with Gasteiger partial charge < -0.3 is 10.5 Å². The van der Waals surface area contributed by atoms with Crippen LogP contribution in [0.5, 0.6) is 0 Å². The molecule has 0 spiro atoms. The van der Waals surface area contributed by atoms with E-state index in [2.05, 4.69) is 39.0 Å². The number of hydrogen-bond donors (Lipinski definition) is 2. The summed E-state index contributed by atoms with van der Waals surface area (Å²) in [4.78, 5) is 0. The molecule has 5 heteroatoms. The summed E-state index contributed by atoms with van der Waals surface area (Å²) < 4.78 is 0. The largest absolute Gasteiger partial charge is 0.358 e. The van der Waals surface area contributed by atoms with Gasteiger partial charge >= 0.3 is 0 Å². The van der Waals surface area contributed by atoms with Crippen LogP contribution in [0, 0.1) is 23.2 Å². The van der Waals surface area contributed by atoms with Crippen molar-refractivity contribution in [2.75, 3.05) is 5.09 Å². The van der Waals surface area contributed by atoms with Crippen LogP contribution in [0.3, 0.4) is 0 Å². The van der Waals surface area contributed by atoms with Crippen molar-refractivity contribution in [3.8, 4) is 11.8 Å². The molecule has 18 heavy (non-hydrogen) atoms. The molecule has 0 aromatic heterocycles. The average molecular weight is 391 g/mol. The van der Waals surface area contributed by atoms with Crippen molar-refractivity contribution in [3.05, 3.63) is 28.3 Å². The summed E-state index contributed by atoms with van der Waals surface area (Å²) in [6.45, 7) is 0. The molecule has 1 aliphatic rings. The van der Waals surface area contributed by atoms with Crippen molar-refractivity contribution in [2.45, 2.75) is 19.3 Å². The molecule has 0 amide bonds. The van der Waals surface area contributed by atoms with Crippen LogP contribution in [0.2, 0.25) is 5.02 Å². The molecule has 1 aromatic carbocycles. The minimum atomic E-state index is 0.540. The second-order valence-electron chi connectivity index (χ2n) is 4.15. The molecule has 2 N–H and O–H groups in total. The lowest BCUT2D eigenvalue weighted by Crippen LogP contribution is -2.07. The molecule has 0 bridgehead atoms. The third-order valence-electron chi connectivity index (χ3n) is 3.02. The first-order valence-electron chi connectivity index (χ1n) is 5.72. The van der Waals surface area contributed by atoms with E-state index in [1.165, 1.54) is 25.5 Å². The van der Waals surface area contributed by atoms with Gasteiger partial charge in [0.15, 0.2) is 0 Å². The fourth-order valence-electron chi connectivity index (χ4n) is 1.72. The Morgan fingerprint density at radius 2 is 2.28 bits per heavy atom. The lowest BCUT2D eigenvalue weighted by molar-refractivity contribution is 0.401. The second-order valence-corrected chi connectivity index (χ2v) is 6.58. The molecule has 2 nitrogen and oxygen atoms in total. The summed E-state index contributed by atoms with van der Waals surface area (Å²) in [7, 11) is 0. The number of anilines is 1. The van der Waals surface area contributed by atoms with Gasteiger partial charge in [-0.2, -0.15) is 0 Å². The van der Waals surface area contributed by atoms with Gasteiger partial charge in [-0.25, -0.2) is 0 Å². The maximum Gasteiger partial charge on any atom is 0.0670 e. The number of benzene rings is 1. The molecule has 0 aliphatic heterocycles.